The van der Waals surface area contributed by atoms with E-state index < -0.39 is 0 Å². The maximum absolute atomic E-state index is 12.8. The van der Waals surface area contributed by atoms with Crippen molar-refractivity contribution >= 4 is 11.3 Å². The normalized spacial score (nSPS) is 10.8. The molecule has 3 rings (SSSR count). The predicted octanol–water partition coefficient (Wildman–Crippen LogP) is 3.57. The van der Waals surface area contributed by atoms with E-state index in [0.717, 1.165) is 23.4 Å². The highest BCUT2D eigenvalue weighted by molar-refractivity contribution is 7.13. The van der Waals surface area contributed by atoms with E-state index in [1.807, 2.05) is 17.6 Å². The molecule has 2 aromatic heterocycles. The highest BCUT2D eigenvalue weighted by Gasteiger charge is 2.07. The summed E-state index contributed by atoms with van der Waals surface area (Å²) >= 11 is 1.69. The zero-order chi connectivity index (χ0) is 13.8. The van der Waals surface area contributed by atoms with Crippen LogP contribution in [-0.4, -0.2) is 10.2 Å². The van der Waals surface area contributed by atoms with Gasteiger partial charge in [-0.2, -0.15) is 5.10 Å². The Morgan fingerprint density at radius 1 is 1.15 bits per heavy atom. The van der Waals surface area contributed by atoms with E-state index in [2.05, 4.69) is 21.6 Å². The smallest absolute Gasteiger partial charge is 0.123 e. The summed E-state index contributed by atoms with van der Waals surface area (Å²) in [7, 11) is 0. The molecule has 0 aliphatic rings. The number of thiophene rings is 1. The summed E-state index contributed by atoms with van der Waals surface area (Å²) < 4.78 is 12.8. The quantitative estimate of drug-likeness (QED) is 0.753. The third kappa shape index (κ3) is 2.95. The molecule has 0 saturated heterocycles. The van der Waals surface area contributed by atoms with E-state index in [1.165, 1.54) is 17.0 Å². The van der Waals surface area contributed by atoms with Gasteiger partial charge in [-0.3, -0.25) is 5.10 Å². The monoisotopic (exact) mass is 287 g/mol. The summed E-state index contributed by atoms with van der Waals surface area (Å²) in [6, 6.07) is 10.6. The highest BCUT2D eigenvalue weighted by atomic mass is 32.1. The number of H-pyrrole nitrogens is 1. The summed E-state index contributed by atoms with van der Waals surface area (Å²) in [4.78, 5) is 1.18. The predicted molar refractivity (Wildman–Crippen MR) is 78.8 cm³/mol. The lowest BCUT2D eigenvalue weighted by molar-refractivity contribution is 0.625. The Balaban J connectivity index is 1.62. The van der Waals surface area contributed by atoms with Crippen molar-refractivity contribution in [1.82, 2.24) is 15.5 Å². The Labute approximate surface area is 120 Å². The summed E-state index contributed by atoms with van der Waals surface area (Å²) in [5, 5.41) is 12.5. The Bertz CT molecular complexity index is 659. The third-order valence-electron chi connectivity index (χ3n) is 3.04. The minimum atomic E-state index is -0.205. The van der Waals surface area contributed by atoms with Crippen molar-refractivity contribution in [3.05, 3.63) is 64.9 Å². The zero-order valence-corrected chi connectivity index (χ0v) is 11.6. The highest BCUT2D eigenvalue weighted by Crippen LogP contribution is 2.25. The van der Waals surface area contributed by atoms with Gasteiger partial charge >= 0.3 is 0 Å². The standard InChI is InChI=1S/C15H14FN3S/c16-13-5-3-11(4-6-13)8-17-9-12-10-18-19-15(12)14-2-1-7-20-14/h1-7,10,17H,8-9H2,(H,18,19). The maximum Gasteiger partial charge on any atom is 0.123 e. The van der Waals surface area contributed by atoms with Crippen molar-refractivity contribution in [1.29, 1.82) is 0 Å². The largest absolute Gasteiger partial charge is 0.308 e. The fourth-order valence-electron chi connectivity index (χ4n) is 2.02. The fourth-order valence-corrected chi connectivity index (χ4v) is 2.78. The topological polar surface area (TPSA) is 40.7 Å². The number of hydrogen-bond acceptors (Lipinski definition) is 3. The Morgan fingerprint density at radius 2 is 2.00 bits per heavy atom. The van der Waals surface area contributed by atoms with E-state index in [9.17, 15) is 4.39 Å². The average molecular weight is 287 g/mol. The second-order valence-corrected chi connectivity index (χ2v) is 5.43. The molecule has 0 fully saturated rings. The first kappa shape index (κ1) is 13.0. The molecule has 0 aliphatic heterocycles. The molecule has 0 saturated carbocycles. The van der Waals surface area contributed by atoms with Crippen LogP contribution in [0.3, 0.4) is 0 Å². The molecule has 5 heteroatoms. The van der Waals surface area contributed by atoms with Crippen LogP contribution in [0.5, 0.6) is 0 Å². The first-order chi connectivity index (χ1) is 9.83. The minimum absolute atomic E-state index is 0.205. The van der Waals surface area contributed by atoms with Crippen LogP contribution in [0.15, 0.2) is 48.0 Å². The average Bonchev–Trinajstić information content (AvgIpc) is 3.11. The fraction of sp³-hybridized carbons (Fsp3) is 0.133. The molecule has 0 atom stereocenters. The first-order valence-electron chi connectivity index (χ1n) is 6.34. The van der Waals surface area contributed by atoms with Crippen molar-refractivity contribution in [2.45, 2.75) is 13.1 Å². The zero-order valence-electron chi connectivity index (χ0n) is 10.8. The molecule has 2 heterocycles. The van der Waals surface area contributed by atoms with Crippen LogP contribution in [0.25, 0.3) is 10.6 Å². The molecule has 0 aliphatic carbocycles. The van der Waals surface area contributed by atoms with Crippen LogP contribution in [0.1, 0.15) is 11.1 Å². The van der Waals surface area contributed by atoms with Gasteiger partial charge in [0.15, 0.2) is 0 Å². The number of hydrogen-bond donors (Lipinski definition) is 2. The second kappa shape index (κ2) is 5.98. The lowest BCUT2D eigenvalue weighted by Gasteiger charge is -2.05. The molecule has 0 radical (unpaired) electrons. The van der Waals surface area contributed by atoms with Crippen LogP contribution >= 0.6 is 11.3 Å². The van der Waals surface area contributed by atoms with Crippen molar-refractivity contribution in [2.24, 2.45) is 0 Å². The van der Waals surface area contributed by atoms with Gasteiger partial charge in [-0.15, -0.1) is 11.3 Å². The molecule has 0 spiro atoms. The van der Waals surface area contributed by atoms with Gasteiger partial charge in [0.25, 0.3) is 0 Å². The molecule has 20 heavy (non-hydrogen) atoms. The van der Waals surface area contributed by atoms with E-state index in [4.69, 9.17) is 0 Å². The molecule has 0 bridgehead atoms. The number of halogens is 1. The van der Waals surface area contributed by atoms with Gasteiger partial charge in [-0.25, -0.2) is 4.39 Å². The molecule has 102 valence electrons. The summed E-state index contributed by atoms with van der Waals surface area (Å²) in [6.07, 6.45) is 1.84. The number of benzene rings is 1. The van der Waals surface area contributed by atoms with Crippen LogP contribution in [-0.2, 0) is 13.1 Å². The second-order valence-electron chi connectivity index (χ2n) is 4.48. The number of nitrogens with zero attached hydrogens (tertiary/aromatic N) is 1. The molecule has 3 nitrogen and oxygen atoms in total. The van der Waals surface area contributed by atoms with Gasteiger partial charge < -0.3 is 5.32 Å². The summed E-state index contributed by atoms with van der Waals surface area (Å²) in [5.41, 5.74) is 3.26. The van der Waals surface area contributed by atoms with Crippen LogP contribution in [0.4, 0.5) is 4.39 Å². The minimum Gasteiger partial charge on any atom is -0.308 e. The van der Waals surface area contributed by atoms with Gasteiger partial charge in [-0.1, -0.05) is 18.2 Å². The molecule has 2 N–H and O–H groups in total. The van der Waals surface area contributed by atoms with Gasteiger partial charge in [0.1, 0.15) is 5.82 Å². The Morgan fingerprint density at radius 3 is 2.75 bits per heavy atom. The lowest BCUT2D eigenvalue weighted by Crippen LogP contribution is -2.12. The molecule has 3 aromatic rings. The van der Waals surface area contributed by atoms with Crippen molar-refractivity contribution in [3.8, 4) is 10.6 Å². The van der Waals surface area contributed by atoms with E-state index in [0.29, 0.717) is 6.54 Å². The Hall–Kier alpha value is -1.98. The van der Waals surface area contributed by atoms with E-state index >= 15 is 0 Å². The maximum atomic E-state index is 12.8. The summed E-state index contributed by atoms with van der Waals surface area (Å²) in [5.74, 6) is -0.205. The number of aromatic amines is 1. The van der Waals surface area contributed by atoms with Crippen molar-refractivity contribution in [3.63, 3.8) is 0 Å². The number of aromatic nitrogens is 2. The first-order valence-corrected chi connectivity index (χ1v) is 7.22. The van der Waals surface area contributed by atoms with Gasteiger partial charge in [0.2, 0.25) is 0 Å². The van der Waals surface area contributed by atoms with Crippen LogP contribution < -0.4 is 5.32 Å². The molecule has 1 aromatic carbocycles. The van der Waals surface area contributed by atoms with Gasteiger partial charge in [0, 0.05) is 18.7 Å². The molecule has 0 amide bonds. The molecular weight excluding hydrogens is 273 g/mol. The van der Waals surface area contributed by atoms with Gasteiger partial charge in [-0.05, 0) is 29.1 Å². The third-order valence-corrected chi connectivity index (χ3v) is 3.93. The van der Waals surface area contributed by atoms with Gasteiger partial charge in [0.05, 0.1) is 16.8 Å². The van der Waals surface area contributed by atoms with E-state index in [-0.39, 0.29) is 5.82 Å². The molecule has 0 unspecified atom stereocenters. The summed E-state index contributed by atoms with van der Waals surface area (Å²) in [6.45, 7) is 1.43. The van der Waals surface area contributed by atoms with Crippen molar-refractivity contribution < 1.29 is 4.39 Å². The van der Waals surface area contributed by atoms with Crippen LogP contribution in [0, 0.1) is 5.82 Å². The van der Waals surface area contributed by atoms with Crippen molar-refractivity contribution in [2.75, 3.05) is 0 Å². The number of rotatable bonds is 5. The van der Waals surface area contributed by atoms with Crippen LogP contribution in [0.2, 0.25) is 0 Å². The molecular formula is C15H14FN3S. The lowest BCUT2D eigenvalue weighted by atomic mass is 10.2. The number of nitrogens with one attached hydrogen (secondary N) is 2. The SMILES string of the molecule is Fc1ccc(CNCc2cn[nH]c2-c2cccs2)cc1. The Kier molecular flexibility index (Phi) is 3.90. The van der Waals surface area contributed by atoms with E-state index in [1.54, 1.807) is 23.5 Å².